The minimum atomic E-state index is 0.601. The van der Waals surface area contributed by atoms with Crippen molar-refractivity contribution in [2.75, 3.05) is 24.5 Å². The molecule has 1 aliphatic rings. The van der Waals surface area contributed by atoms with Crippen molar-refractivity contribution < 1.29 is 4.42 Å². The fraction of sp³-hybridized carbons (Fsp3) is 0.438. The Labute approximate surface area is 134 Å². The van der Waals surface area contributed by atoms with Crippen LogP contribution in [0.2, 0.25) is 0 Å². The van der Waals surface area contributed by atoms with Gasteiger partial charge in [0.2, 0.25) is 5.65 Å². The number of hydrogen-bond donors (Lipinski definition) is 1. The predicted octanol–water partition coefficient (Wildman–Crippen LogP) is 1.72. The largest absolute Gasteiger partial charge is 0.468 e. The Morgan fingerprint density at radius 2 is 2.39 bits per heavy atom. The van der Waals surface area contributed by atoms with Gasteiger partial charge in [-0.25, -0.2) is 4.98 Å². The normalized spacial score (nSPS) is 18.6. The quantitative estimate of drug-likeness (QED) is 0.773. The summed E-state index contributed by atoms with van der Waals surface area (Å²) in [6, 6.07) is 3.92. The van der Waals surface area contributed by atoms with Crippen LogP contribution in [0.3, 0.4) is 0 Å². The van der Waals surface area contributed by atoms with E-state index in [-0.39, 0.29) is 0 Å². The van der Waals surface area contributed by atoms with Crippen LogP contribution in [0.15, 0.2) is 41.5 Å². The molecule has 0 saturated carbocycles. The Bertz CT molecular complexity index is 753. The summed E-state index contributed by atoms with van der Waals surface area (Å²) in [5.74, 6) is 2.51. The first-order chi connectivity index (χ1) is 11.4. The van der Waals surface area contributed by atoms with Crippen molar-refractivity contribution in [3.8, 4) is 0 Å². The van der Waals surface area contributed by atoms with Gasteiger partial charge in [0.25, 0.3) is 0 Å². The average Bonchev–Trinajstić information content (AvgIpc) is 3.26. The molecule has 0 bridgehead atoms. The molecule has 1 aliphatic heterocycles. The van der Waals surface area contributed by atoms with Crippen molar-refractivity contribution in [1.82, 2.24) is 24.9 Å². The van der Waals surface area contributed by atoms with Gasteiger partial charge in [0.05, 0.1) is 12.8 Å². The lowest BCUT2D eigenvalue weighted by atomic mass is 9.98. The molecular formula is C16H20N6O. The molecule has 1 atom stereocenters. The zero-order chi connectivity index (χ0) is 15.5. The second-order valence-electron chi connectivity index (χ2n) is 5.98. The van der Waals surface area contributed by atoms with Crippen molar-refractivity contribution in [3.05, 3.63) is 42.9 Å². The molecule has 3 aromatic rings. The maximum Gasteiger partial charge on any atom is 0.203 e. The van der Waals surface area contributed by atoms with E-state index in [1.165, 1.54) is 12.8 Å². The minimum absolute atomic E-state index is 0.601. The van der Waals surface area contributed by atoms with Gasteiger partial charge in [-0.3, -0.25) is 4.40 Å². The van der Waals surface area contributed by atoms with Gasteiger partial charge in [-0.1, -0.05) is 0 Å². The van der Waals surface area contributed by atoms with Crippen LogP contribution in [0, 0.1) is 5.92 Å². The summed E-state index contributed by atoms with van der Waals surface area (Å²) in [5, 5.41) is 11.7. The summed E-state index contributed by atoms with van der Waals surface area (Å²) in [6.07, 6.45) is 9.52. The molecule has 120 valence electrons. The molecule has 3 aromatic heterocycles. The zero-order valence-corrected chi connectivity index (χ0v) is 12.9. The molecule has 1 saturated heterocycles. The number of nitrogens with zero attached hydrogens (tertiary/aromatic N) is 5. The smallest absolute Gasteiger partial charge is 0.203 e. The monoisotopic (exact) mass is 312 g/mol. The summed E-state index contributed by atoms with van der Waals surface area (Å²) >= 11 is 0. The number of rotatable bonds is 5. The molecule has 7 heteroatoms. The second kappa shape index (κ2) is 6.37. The Morgan fingerprint density at radius 3 is 3.30 bits per heavy atom. The van der Waals surface area contributed by atoms with E-state index < -0.39 is 0 Å². The number of furan rings is 1. The predicted molar refractivity (Wildman–Crippen MR) is 86.1 cm³/mol. The van der Waals surface area contributed by atoms with Crippen LogP contribution < -0.4 is 10.2 Å². The molecule has 4 rings (SSSR count). The summed E-state index contributed by atoms with van der Waals surface area (Å²) < 4.78 is 7.27. The summed E-state index contributed by atoms with van der Waals surface area (Å²) in [6.45, 7) is 3.77. The van der Waals surface area contributed by atoms with Crippen LogP contribution in [0.5, 0.6) is 0 Å². The number of nitrogens with one attached hydrogen (secondary N) is 1. The first-order valence-electron chi connectivity index (χ1n) is 8.02. The first kappa shape index (κ1) is 14.2. The Kier molecular flexibility index (Phi) is 3.94. The third-order valence-electron chi connectivity index (χ3n) is 4.33. The van der Waals surface area contributed by atoms with Crippen molar-refractivity contribution in [2.45, 2.75) is 19.4 Å². The maximum absolute atomic E-state index is 5.35. The number of piperidine rings is 1. The summed E-state index contributed by atoms with van der Waals surface area (Å²) in [4.78, 5) is 6.85. The van der Waals surface area contributed by atoms with Gasteiger partial charge < -0.3 is 14.6 Å². The number of aromatic nitrogens is 4. The van der Waals surface area contributed by atoms with Crippen LogP contribution in [0.4, 0.5) is 5.82 Å². The summed E-state index contributed by atoms with van der Waals surface area (Å²) in [7, 11) is 0. The average molecular weight is 312 g/mol. The van der Waals surface area contributed by atoms with Gasteiger partial charge >= 0.3 is 0 Å². The molecular weight excluding hydrogens is 292 g/mol. The third kappa shape index (κ3) is 3.05. The Balaban J connectivity index is 1.40. The molecule has 0 spiro atoms. The molecule has 1 unspecified atom stereocenters. The van der Waals surface area contributed by atoms with E-state index in [9.17, 15) is 0 Å². The molecule has 0 aliphatic carbocycles. The van der Waals surface area contributed by atoms with Crippen molar-refractivity contribution in [3.63, 3.8) is 0 Å². The fourth-order valence-corrected chi connectivity index (χ4v) is 3.21. The van der Waals surface area contributed by atoms with Crippen molar-refractivity contribution >= 4 is 11.5 Å². The van der Waals surface area contributed by atoms with E-state index >= 15 is 0 Å². The first-order valence-corrected chi connectivity index (χ1v) is 8.02. The highest BCUT2D eigenvalue weighted by atomic mass is 16.3. The Hall–Kier alpha value is -2.41. The molecule has 4 heterocycles. The molecule has 0 aromatic carbocycles. The van der Waals surface area contributed by atoms with Crippen LogP contribution in [0.25, 0.3) is 5.65 Å². The van der Waals surface area contributed by atoms with E-state index in [4.69, 9.17) is 4.42 Å². The highest BCUT2D eigenvalue weighted by Gasteiger charge is 2.23. The molecule has 23 heavy (non-hydrogen) atoms. The van der Waals surface area contributed by atoms with E-state index in [1.807, 2.05) is 28.9 Å². The van der Waals surface area contributed by atoms with Gasteiger partial charge in [0.1, 0.15) is 12.1 Å². The van der Waals surface area contributed by atoms with Crippen LogP contribution in [-0.4, -0.2) is 39.2 Å². The second-order valence-corrected chi connectivity index (χ2v) is 5.98. The van der Waals surface area contributed by atoms with Gasteiger partial charge in [0.15, 0.2) is 5.82 Å². The molecule has 1 N–H and O–H groups in total. The van der Waals surface area contributed by atoms with Gasteiger partial charge in [-0.2, -0.15) is 0 Å². The third-order valence-corrected chi connectivity index (χ3v) is 4.33. The number of anilines is 1. The molecule has 1 fully saturated rings. The zero-order valence-electron chi connectivity index (χ0n) is 12.9. The van der Waals surface area contributed by atoms with E-state index in [2.05, 4.69) is 25.4 Å². The van der Waals surface area contributed by atoms with Gasteiger partial charge in [-0.15, -0.1) is 10.2 Å². The molecule has 7 nitrogen and oxygen atoms in total. The number of hydrogen-bond acceptors (Lipinski definition) is 6. The molecule has 0 radical (unpaired) electrons. The standard InChI is InChI=1S/C16H20N6O/c1-3-13(9-17-10-14-4-2-8-23-14)11-21(6-1)15-16-20-19-12-22(16)7-5-18-15/h2,4-5,7-8,12-13,17H,1,3,6,9-11H2. The van der Waals surface area contributed by atoms with Crippen LogP contribution in [-0.2, 0) is 6.54 Å². The lowest BCUT2D eigenvalue weighted by Gasteiger charge is -2.33. The molecule has 0 amide bonds. The topological polar surface area (TPSA) is 71.5 Å². The maximum atomic E-state index is 5.35. The van der Waals surface area contributed by atoms with Crippen molar-refractivity contribution in [2.24, 2.45) is 5.92 Å². The minimum Gasteiger partial charge on any atom is -0.468 e. The highest BCUT2D eigenvalue weighted by molar-refractivity contribution is 5.63. The highest BCUT2D eigenvalue weighted by Crippen LogP contribution is 2.23. The van der Waals surface area contributed by atoms with Gasteiger partial charge in [-0.05, 0) is 30.9 Å². The van der Waals surface area contributed by atoms with Crippen molar-refractivity contribution in [1.29, 1.82) is 0 Å². The number of fused-ring (bicyclic) bond motifs is 1. The lowest BCUT2D eigenvalue weighted by Crippen LogP contribution is -2.40. The Morgan fingerprint density at radius 1 is 1.39 bits per heavy atom. The van der Waals surface area contributed by atoms with E-state index in [1.54, 1.807) is 12.6 Å². The fourth-order valence-electron chi connectivity index (χ4n) is 3.21. The SMILES string of the molecule is c1coc(CNCC2CCCN(c3nccn4cnnc34)C2)c1. The van der Waals surface area contributed by atoms with E-state index in [0.717, 1.165) is 43.4 Å². The lowest BCUT2D eigenvalue weighted by molar-refractivity contribution is 0.380. The van der Waals surface area contributed by atoms with Gasteiger partial charge in [0, 0.05) is 32.0 Å². The summed E-state index contributed by atoms with van der Waals surface area (Å²) in [5.41, 5.74) is 0.830. The van der Waals surface area contributed by atoms with Crippen LogP contribution in [0.1, 0.15) is 18.6 Å². The van der Waals surface area contributed by atoms with Crippen LogP contribution >= 0.6 is 0 Å². The van der Waals surface area contributed by atoms with E-state index in [0.29, 0.717) is 5.92 Å².